The van der Waals surface area contributed by atoms with Crippen molar-refractivity contribution < 1.29 is 33.6 Å². The molecule has 2 aromatic rings. The molecule has 8 heteroatoms. The van der Waals surface area contributed by atoms with Crippen LogP contribution in [-0.4, -0.2) is 64.6 Å². The highest BCUT2D eigenvalue weighted by Crippen LogP contribution is 2.47. The number of ether oxygens (including phenoxy) is 5. The highest BCUT2D eigenvalue weighted by molar-refractivity contribution is 5.79. The molecule has 1 aliphatic heterocycles. The molecule has 0 aliphatic carbocycles. The van der Waals surface area contributed by atoms with Crippen molar-refractivity contribution in [3.05, 3.63) is 35.4 Å². The lowest BCUT2D eigenvalue weighted by atomic mass is 9.86. The summed E-state index contributed by atoms with van der Waals surface area (Å²) in [7, 11) is 7.66. The number of rotatable bonds is 9. The predicted molar refractivity (Wildman–Crippen MR) is 124 cm³/mol. The molecule has 1 aliphatic rings. The molecule has 1 amide bonds. The Labute approximate surface area is 195 Å². The molecule has 1 atom stereocenters. The molecular formula is C25H33NO7. The number of nitrogens with zero attached hydrogens (tertiary/aromatic N) is 1. The summed E-state index contributed by atoms with van der Waals surface area (Å²) in [5, 5.41) is 11.0. The number of aromatic hydroxyl groups is 1. The van der Waals surface area contributed by atoms with Crippen LogP contribution in [0, 0.1) is 0 Å². The normalized spacial score (nSPS) is 14.4. The van der Waals surface area contributed by atoms with Gasteiger partial charge in [-0.25, -0.2) is 0 Å². The molecule has 1 N–H and O–H groups in total. The summed E-state index contributed by atoms with van der Waals surface area (Å²) in [6.45, 7) is 1.49. The van der Waals surface area contributed by atoms with Crippen molar-refractivity contribution in [2.24, 2.45) is 0 Å². The summed E-state index contributed by atoms with van der Waals surface area (Å²) in [5.41, 5.74) is 1.23. The van der Waals surface area contributed by atoms with E-state index in [9.17, 15) is 9.90 Å². The fourth-order valence-corrected chi connectivity index (χ4v) is 4.36. The molecular weight excluding hydrogens is 426 g/mol. The van der Waals surface area contributed by atoms with Crippen molar-refractivity contribution in [1.82, 2.24) is 4.90 Å². The predicted octanol–water partition coefficient (Wildman–Crippen LogP) is 3.97. The van der Waals surface area contributed by atoms with Crippen LogP contribution in [0.3, 0.4) is 0 Å². The monoisotopic (exact) mass is 459 g/mol. The van der Waals surface area contributed by atoms with Crippen LogP contribution in [0.15, 0.2) is 24.3 Å². The van der Waals surface area contributed by atoms with E-state index in [0.717, 1.165) is 37.9 Å². The van der Waals surface area contributed by atoms with Gasteiger partial charge in [0.2, 0.25) is 11.7 Å². The average molecular weight is 460 g/mol. The van der Waals surface area contributed by atoms with Crippen LogP contribution in [0.2, 0.25) is 0 Å². The molecule has 2 aromatic carbocycles. The third-order valence-corrected chi connectivity index (χ3v) is 6.07. The molecule has 0 spiro atoms. The quantitative estimate of drug-likeness (QED) is 0.607. The van der Waals surface area contributed by atoms with Crippen molar-refractivity contribution in [1.29, 1.82) is 0 Å². The van der Waals surface area contributed by atoms with E-state index in [-0.39, 0.29) is 18.1 Å². The Balaban J connectivity index is 2.15. The maximum Gasteiger partial charge on any atom is 0.223 e. The topological polar surface area (TPSA) is 86.7 Å². The van der Waals surface area contributed by atoms with E-state index < -0.39 is 5.92 Å². The van der Waals surface area contributed by atoms with Gasteiger partial charge in [-0.3, -0.25) is 4.79 Å². The van der Waals surface area contributed by atoms with Crippen molar-refractivity contribution in [2.75, 3.05) is 48.6 Å². The van der Waals surface area contributed by atoms with Gasteiger partial charge >= 0.3 is 0 Å². The van der Waals surface area contributed by atoms with Crippen molar-refractivity contribution in [3.8, 4) is 34.5 Å². The van der Waals surface area contributed by atoms with Crippen LogP contribution < -0.4 is 23.7 Å². The van der Waals surface area contributed by atoms with Crippen molar-refractivity contribution in [2.45, 2.75) is 31.6 Å². The zero-order valence-electron chi connectivity index (χ0n) is 20.0. The second-order valence-electron chi connectivity index (χ2n) is 7.92. The molecule has 180 valence electrons. The number of piperidine rings is 1. The standard InChI is InChI=1S/C25H33NO7/c1-29-17-13-19(27)24(20(14-17)30-2)18(15-23(28)26-9-7-6-8-10-26)16-11-21(31-3)25(33-5)22(12-16)32-4/h11-14,18,27H,6-10,15H2,1-5H3/t18-/m1/s1. The van der Waals surface area contributed by atoms with Crippen LogP contribution in [0.25, 0.3) is 0 Å². The van der Waals surface area contributed by atoms with Crippen LogP contribution in [0.5, 0.6) is 34.5 Å². The molecule has 1 heterocycles. The largest absolute Gasteiger partial charge is 0.507 e. The van der Waals surface area contributed by atoms with Gasteiger partial charge in [-0.15, -0.1) is 0 Å². The lowest BCUT2D eigenvalue weighted by molar-refractivity contribution is -0.132. The third-order valence-electron chi connectivity index (χ3n) is 6.07. The van der Waals surface area contributed by atoms with Crippen molar-refractivity contribution in [3.63, 3.8) is 0 Å². The molecule has 1 saturated heterocycles. The first kappa shape index (κ1) is 24.4. The number of methoxy groups -OCH3 is 5. The first-order valence-electron chi connectivity index (χ1n) is 11.0. The number of hydrogen-bond acceptors (Lipinski definition) is 7. The molecule has 0 bridgehead atoms. The highest BCUT2D eigenvalue weighted by Gasteiger charge is 2.30. The number of amides is 1. The Morgan fingerprint density at radius 1 is 0.848 bits per heavy atom. The average Bonchev–Trinajstić information content (AvgIpc) is 2.86. The van der Waals surface area contributed by atoms with Gasteiger partial charge in [0.05, 0.1) is 35.5 Å². The number of likely N-dealkylation sites (tertiary alicyclic amines) is 1. The van der Waals surface area contributed by atoms with Gasteiger partial charge in [-0.05, 0) is 37.0 Å². The van der Waals surface area contributed by atoms with E-state index in [0.29, 0.717) is 34.3 Å². The van der Waals surface area contributed by atoms with Crippen LogP contribution >= 0.6 is 0 Å². The second-order valence-corrected chi connectivity index (χ2v) is 7.92. The maximum atomic E-state index is 13.3. The second kappa shape index (κ2) is 11.0. The minimum atomic E-state index is -0.519. The van der Waals surface area contributed by atoms with Crippen LogP contribution in [-0.2, 0) is 4.79 Å². The van der Waals surface area contributed by atoms with Gasteiger partial charge < -0.3 is 33.7 Å². The number of phenolic OH excluding ortho intramolecular Hbond substituents is 1. The fraction of sp³-hybridized carbons (Fsp3) is 0.480. The Kier molecular flexibility index (Phi) is 8.14. The maximum absolute atomic E-state index is 13.3. The first-order chi connectivity index (χ1) is 16.0. The fourth-order valence-electron chi connectivity index (χ4n) is 4.36. The molecule has 0 unspecified atom stereocenters. The van der Waals surface area contributed by atoms with Gasteiger partial charge in [0.15, 0.2) is 11.5 Å². The Morgan fingerprint density at radius 2 is 1.45 bits per heavy atom. The minimum absolute atomic E-state index is 0.0172. The smallest absolute Gasteiger partial charge is 0.223 e. The summed E-state index contributed by atoms with van der Waals surface area (Å²) < 4.78 is 27.4. The summed E-state index contributed by atoms with van der Waals surface area (Å²) in [4.78, 5) is 15.2. The van der Waals surface area contributed by atoms with Gasteiger partial charge in [0, 0.05) is 43.1 Å². The number of carbonyl (C=O) groups is 1. The zero-order valence-corrected chi connectivity index (χ0v) is 20.0. The highest BCUT2D eigenvalue weighted by atomic mass is 16.5. The molecule has 1 fully saturated rings. The van der Waals surface area contributed by atoms with E-state index >= 15 is 0 Å². The van der Waals surface area contributed by atoms with Gasteiger partial charge in [-0.1, -0.05) is 0 Å². The third kappa shape index (κ3) is 5.21. The number of benzene rings is 2. The molecule has 3 rings (SSSR count). The SMILES string of the molecule is COc1cc(O)c([C@H](CC(=O)N2CCCCC2)c2cc(OC)c(OC)c(OC)c2)c(OC)c1. The minimum Gasteiger partial charge on any atom is -0.507 e. The van der Waals surface area contributed by atoms with E-state index in [4.69, 9.17) is 23.7 Å². The summed E-state index contributed by atoms with van der Waals surface area (Å²) >= 11 is 0. The Bertz CT molecular complexity index is 944. The lowest BCUT2D eigenvalue weighted by Crippen LogP contribution is -2.36. The van der Waals surface area contributed by atoms with Crippen molar-refractivity contribution >= 4 is 5.91 Å². The van der Waals surface area contributed by atoms with Gasteiger partial charge in [0.25, 0.3) is 0 Å². The first-order valence-corrected chi connectivity index (χ1v) is 11.0. The number of phenols is 1. The lowest BCUT2D eigenvalue weighted by Gasteiger charge is -2.30. The zero-order chi connectivity index (χ0) is 24.0. The van der Waals surface area contributed by atoms with Gasteiger partial charge in [0.1, 0.15) is 17.2 Å². The molecule has 0 aromatic heterocycles. The summed E-state index contributed by atoms with van der Waals surface area (Å²) in [6, 6.07) is 6.83. The summed E-state index contributed by atoms with van der Waals surface area (Å²) in [6.07, 6.45) is 3.28. The van der Waals surface area contributed by atoms with E-state index in [1.54, 1.807) is 32.4 Å². The molecule has 33 heavy (non-hydrogen) atoms. The summed E-state index contributed by atoms with van der Waals surface area (Å²) in [5.74, 6) is 1.76. The van der Waals surface area contributed by atoms with E-state index in [1.165, 1.54) is 27.4 Å². The van der Waals surface area contributed by atoms with E-state index in [1.807, 2.05) is 4.90 Å². The number of hydrogen-bond donors (Lipinski definition) is 1. The Morgan fingerprint density at radius 3 is 1.97 bits per heavy atom. The van der Waals surface area contributed by atoms with Crippen LogP contribution in [0.4, 0.5) is 0 Å². The van der Waals surface area contributed by atoms with E-state index in [2.05, 4.69) is 0 Å². The molecule has 0 saturated carbocycles. The number of carbonyl (C=O) groups excluding carboxylic acids is 1. The molecule has 0 radical (unpaired) electrons. The Hall–Kier alpha value is -3.29. The van der Waals surface area contributed by atoms with Crippen LogP contribution in [0.1, 0.15) is 42.7 Å². The van der Waals surface area contributed by atoms with Gasteiger partial charge in [-0.2, -0.15) is 0 Å². The molecule has 8 nitrogen and oxygen atoms in total.